The number of para-hydroxylation sites is 1. The molecule has 0 spiro atoms. The van der Waals surface area contributed by atoms with Crippen molar-refractivity contribution in [2.24, 2.45) is 0 Å². The van der Waals surface area contributed by atoms with E-state index < -0.39 is 0 Å². The molecule has 0 aromatic heterocycles. The van der Waals surface area contributed by atoms with Crippen LogP contribution in [0.3, 0.4) is 0 Å². The molecule has 138 valence electrons. The van der Waals surface area contributed by atoms with Crippen LogP contribution in [-0.4, -0.2) is 24.0 Å². The van der Waals surface area contributed by atoms with E-state index in [-0.39, 0.29) is 0 Å². The highest BCUT2D eigenvalue weighted by atomic mass is 15.2. The Morgan fingerprint density at radius 2 is 1.84 bits per heavy atom. The summed E-state index contributed by atoms with van der Waals surface area (Å²) in [7, 11) is 2.21. The normalized spacial score (nSPS) is 15.2. The van der Waals surface area contributed by atoms with Gasteiger partial charge in [-0.25, -0.2) is 0 Å². The first kappa shape index (κ1) is 21.1. The number of nitrogens with one attached hydrogen (secondary N) is 1. The quantitative estimate of drug-likeness (QED) is 0.391. The number of rotatable bonds is 10. The molecule has 0 saturated carbocycles. The van der Waals surface area contributed by atoms with Crippen LogP contribution in [0, 0.1) is 0 Å². The van der Waals surface area contributed by atoms with Gasteiger partial charge in [-0.1, -0.05) is 49.8 Å². The van der Waals surface area contributed by atoms with Gasteiger partial charge in [0.15, 0.2) is 0 Å². The summed E-state index contributed by atoms with van der Waals surface area (Å²) < 4.78 is 0. The fourth-order valence-corrected chi connectivity index (χ4v) is 3.10. The Morgan fingerprint density at radius 1 is 1.20 bits per heavy atom. The molecule has 0 bridgehead atoms. The van der Waals surface area contributed by atoms with E-state index in [1.807, 2.05) is 6.08 Å². The SMILES string of the molecule is C=CC/C(=C(C)\C=C(\C)CC)N(C)[C@H](C)[C@H](CC)Nc1ccccc1. The average Bonchev–Trinajstić information content (AvgIpc) is 2.63. The van der Waals surface area contributed by atoms with Gasteiger partial charge in [0.2, 0.25) is 0 Å². The van der Waals surface area contributed by atoms with Crippen LogP contribution in [0.25, 0.3) is 0 Å². The molecule has 1 rings (SSSR count). The maximum atomic E-state index is 3.96. The van der Waals surface area contributed by atoms with Gasteiger partial charge < -0.3 is 10.2 Å². The largest absolute Gasteiger partial charge is 0.380 e. The molecule has 0 unspecified atom stereocenters. The third-order valence-corrected chi connectivity index (χ3v) is 5.00. The minimum Gasteiger partial charge on any atom is -0.380 e. The molecule has 0 aliphatic heterocycles. The summed E-state index contributed by atoms with van der Waals surface area (Å²) in [6.07, 6.45) is 7.37. The van der Waals surface area contributed by atoms with Gasteiger partial charge >= 0.3 is 0 Å². The van der Waals surface area contributed by atoms with E-state index in [1.54, 1.807) is 0 Å². The Hall–Kier alpha value is -1.96. The van der Waals surface area contributed by atoms with E-state index in [0.717, 1.165) is 19.3 Å². The lowest BCUT2D eigenvalue weighted by molar-refractivity contribution is 0.281. The van der Waals surface area contributed by atoms with Gasteiger partial charge in [-0.05, 0) is 51.3 Å². The van der Waals surface area contributed by atoms with Crippen LogP contribution in [0.2, 0.25) is 0 Å². The zero-order valence-corrected chi connectivity index (χ0v) is 17.0. The van der Waals surface area contributed by atoms with E-state index in [1.165, 1.54) is 22.5 Å². The fourth-order valence-electron chi connectivity index (χ4n) is 3.10. The van der Waals surface area contributed by atoms with Crippen molar-refractivity contribution < 1.29 is 0 Å². The summed E-state index contributed by atoms with van der Waals surface area (Å²) in [5.74, 6) is 0. The smallest absolute Gasteiger partial charge is 0.0459 e. The molecule has 0 fully saturated rings. The van der Waals surface area contributed by atoms with Crippen LogP contribution >= 0.6 is 0 Å². The maximum Gasteiger partial charge on any atom is 0.0459 e. The van der Waals surface area contributed by atoms with Gasteiger partial charge in [0.05, 0.1) is 0 Å². The zero-order valence-electron chi connectivity index (χ0n) is 17.0. The number of benzene rings is 1. The predicted molar refractivity (Wildman–Crippen MR) is 113 cm³/mol. The van der Waals surface area contributed by atoms with Crippen molar-refractivity contribution in [3.8, 4) is 0 Å². The summed E-state index contributed by atoms with van der Waals surface area (Å²) in [6, 6.07) is 11.2. The molecular formula is C23H36N2. The van der Waals surface area contributed by atoms with Crippen molar-refractivity contribution in [2.45, 2.75) is 66.0 Å². The number of anilines is 1. The van der Waals surface area contributed by atoms with E-state index in [2.05, 4.69) is 94.9 Å². The number of likely N-dealkylation sites (N-methyl/N-ethyl adjacent to an activating group) is 1. The van der Waals surface area contributed by atoms with Crippen LogP contribution in [-0.2, 0) is 0 Å². The van der Waals surface area contributed by atoms with Crippen molar-refractivity contribution in [1.82, 2.24) is 4.90 Å². The first-order chi connectivity index (χ1) is 11.9. The fraction of sp³-hybridized carbons (Fsp3) is 0.478. The zero-order chi connectivity index (χ0) is 18.8. The molecule has 0 radical (unpaired) electrons. The van der Waals surface area contributed by atoms with E-state index in [4.69, 9.17) is 0 Å². The predicted octanol–water partition coefficient (Wildman–Crippen LogP) is 6.40. The summed E-state index contributed by atoms with van der Waals surface area (Å²) in [5, 5.41) is 3.69. The highest BCUT2D eigenvalue weighted by Crippen LogP contribution is 2.22. The Kier molecular flexibility index (Phi) is 9.12. The van der Waals surface area contributed by atoms with E-state index in [9.17, 15) is 0 Å². The second-order valence-corrected chi connectivity index (χ2v) is 6.84. The summed E-state index contributed by atoms with van der Waals surface area (Å²) >= 11 is 0. The molecule has 0 aliphatic rings. The minimum atomic E-state index is 0.380. The summed E-state index contributed by atoms with van der Waals surface area (Å²) in [6.45, 7) is 15.1. The van der Waals surface area contributed by atoms with Crippen molar-refractivity contribution in [2.75, 3.05) is 12.4 Å². The molecule has 2 nitrogen and oxygen atoms in total. The van der Waals surface area contributed by atoms with Gasteiger partial charge in [-0.3, -0.25) is 0 Å². The van der Waals surface area contributed by atoms with Crippen LogP contribution < -0.4 is 5.32 Å². The number of hydrogen-bond donors (Lipinski definition) is 1. The van der Waals surface area contributed by atoms with Crippen LogP contribution in [0.4, 0.5) is 5.69 Å². The lowest BCUT2D eigenvalue weighted by Gasteiger charge is -2.36. The Morgan fingerprint density at radius 3 is 2.36 bits per heavy atom. The van der Waals surface area contributed by atoms with Gasteiger partial charge in [-0.2, -0.15) is 0 Å². The van der Waals surface area contributed by atoms with E-state index >= 15 is 0 Å². The molecular weight excluding hydrogens is 304 g/mol. The summed E-state index contributed by atoms with van der Waals surface area (Å²) in [5.41, 5.74) is 5.28. The standard InChI is InChI=1S/C23H36N2/c1-8-14-23(19(5)17-18(4)9-2)25(7)20(6)22(10-3)24-21-15-12-11-13-16-21/h8,11-13,15-17,20,22,24H,1,9-10,14H2,2-7H3/b18-17-,23-19+/t20-,22+/m1/s1. The molecule has 0 aliphatic carbocycles. The van der Waals surface area contributed by atoms with Crippen molar-refractivity contribution in [3.63, 3.8) is 0 Å². The topological polar surface area (TPSA) is 15.3 Å². The number of nitrogens with zero attached hydrogens (tertiary/aromatic N) is 1. The Balaban J connectivity index is 3.03. The highest BCUT2D eigenvalue weighted by molar-refractivity contribution is 5.43. The van der Waals surface area contributed by atoms with Gasteiger partial charge in [0.25, 0.3) is 0 Å². The molecule has 0 heterocycles. The molecule has 0 amide bonds. The Labute approximate surface area is 155 Å². The van der Waals surface area contributed by atoms with Crippen molar-refractivity contribution in [3.05, 3.63) is 65.9 Å². The van der Waals surface area contributed by atoms with Crippen molar-refractivity contribution >= 4 is 5.69 Å². The van der Waals surface area contributed by atoms with Crippen LogP contribution in [0.15, 0.2) is 65.9 Å². The van der Waals surface area contributed by atoms with Crippen molar-refractivity contribution in [1.29, 1.82) is 0 Å². The second kappa shape index (κ2) is 10.8. The van der Waals surface area contributed by atoms with Gasteiger partial charge in [-0.15, -0.1) is 6.58 Å². The molecule has 2 heteroatoms. The van der Waals surface area contributed by atoms with Gasteiger partial charge in [0.1, 0.15) is 0 Å². The maximum absolute atomic E-state index is 3.96. The number of hydrogen-bond acceptors (Lipinski definition) is 2. The molecule has 1 aromatic rings. The minimum absolute atomic E-state index is 0.380. The molecule has 2 atom stereocenters. The van der Waals surface area contributed by atoms with E-state index in [0.29, 0.717) is 12.1 Å². The monoisotopic (exact) mass is 340 g/mol. The van der Waals surface area contributed by atoms with Crippen LogP contribution in [0.1, 0.15) is 53.9 Å². The molecule has 1 N–H and O–H groups in total. The lowest BCUT2D eigenvalue weighted by atomic mass is 10.0. The first-order valence-corrected chi connectivity index (χ1v) is 9.46. The second-order valence-electron chi connectivity index (χ2n) is 6.84. The van der Waals surface area contributed by atoms with Crippen LogP contribution in [0.5, 0.6) is 0 Å². The summed E-state index contributed by atoms with van der Waals surface area (Å²) in [4.78, 5) is 2.42. The molecule has 1 aromatic carbocycles. The van der Waals surface area contributed by atoms with Gasteiger partial charge in [0, 0.05) is 36.9 Å². The molecule has 25 heavy (non-hydrogen) atoms. The third-order valence-electron chi connectivity index (χ3n) is 5.00. The third kappa shape index (κ3) is 6.45. The lowest BCUT2D eigenvalue weighted by Crippen LogP contribution is -2.42. The highest BCUT2D eigenvalue weighted by Gasteiger charge is 2.21. The Bertz CT molecular complexity index is 583. The first-order valence-electron chi connectivity index (χ1n) is 9.46. The molecule has 0 saturated heterocycles. The number of allylic oxidation sites excluding steroid dienone is 4. The average molecular weight is 341 g/mol.